The number of ether oxygens (including phenoxy) is 2. The molecule has 0 bridgehead atoms. The van der Waals surface area contributed by atoms with Crippen LogP contribution in [0.2, 0.25) is 0 Å². The van der Waals surface area contributed by atoms with Crippen LogP contribution in [0, 0.1) is 0 Å². The van der Waals surface area contributed by atoms with Crippen molar-refractivity contribution in [3.8, 4) is 11.5 Å². The van der Waals surface area contributed by atoms with Crippen molar-refractivity contribution < 1.29 is 14.6 Å². The second-order valence-electron chi connectivity index (χ2n) is 3.99. The highest BCUT2D eigenvalue weighted by Crippen LogP contribution is 2.29. The van der Waals surface area contributed by atoms with Crippen LogP contribution in [-0.2, 0) is 0 Å². The van der Waals surface area contributed by atoms with Crippen LogP contribution in [0.1, 0.15) is 20.3 Å². The Morgan fingerprint density at radius 1 is 1.29 bits per heavy atom. The fourth-order valence-corrected chi connectivity index (χ4v) is 1.59. The Morgan fingerprint density at radius 3 is 2.62 bits per heavy atom. The maximum Gasteiger partial charge on any atom is 0.193 e. The summed E-state index contributed by atoms with van der Waals surface area (Å²) in [4.78, 5) is 4.11. The molecule has 4 N–H and O–H groups in total. The molecule has 0 radical (unpaired) electrons. The van der Waals surface area contributed by atoms with Crippen LogP contribution in [0.25, 0.3) is 0 Å². The van der Waals surface area contributed by atoms with Crippen LogP contribution in [-0.4, -0.2) is 37.4 Å². The van der Waals surface area contributed by atoms with E-state index < -0.39 is 0 Å². The molecule has 1 aromatic carbocycles. The second kappa shape index (κ2) is 11.4. The molecule has 7 heteroatoms. The molecule has 1 aromatic rings. The maximum atomic E-state index is 8.71. The maximum absolute atomic E-state index is 8.71. The average molecular weight is 409 g/mol. The summed E-state index contributed by atoms with van der Waals surface area (Å²) in [6, 6.07) is 5.50. The van der Waals surface area contributed by atoms with E-state index in [0.29, 0.717) is 37.6 Å². The lowest BCUT2D eigenvalue weighted by molar-refractivity contribution is 0.291. The first-order valence-corrected chi connectivity index (χ1v) is 6.78. The summed E-state index contributed by atoms with van der Waals surface area (Å²) < 4.78 is 11.0. The lowest BCUT2D eigenvalue weighted by atomic mass is 10.2. The van der Waals surface area contributed by atoms with E-state index in [9.17, 15) is 0 Å². The molecule has 1 rings (SSSR count). The summed E-state index contributed by atoms with van der Waals surface area (Å²) in [6.45, 7) is 5.57. The Kier molecular flexibility index (Phi) is 10.8. The molecule has 0 spiro atoms. The van der Waals surface area contributed by atoms with Crippen molar-refractivity contribution in [2.75, 3.05) is 31.7 Å². The van der Waals surface area contributed by atoms with Crippen molar-refractivity contribution in [2.24, 2.45) is 10.7 Å². The number of anilines is 1. The van der Waals surface area contributed by atoms with E-state index in [1.54, 1.807) is 0 Å². The molecule has 21 heavy (non-hydrogen) atoms. The van der Waals surface area contributed by atoms with Crippen molar-refractivity contribution >= 4 is 35.6 Å². The number of rotatable bonds is 8. The number of aliphatic hydroxyl groups is 1. The van der Waals surface area contributed by atoms with E-state index >= 15 is 0 Å². The van der Waals surface area contributed by atoms with Crippen LogP contribution in [0.4, 0.5) is 5.69 Å². The van der Waals surface area contributed by atoms with Crippen molar-refractivity contribution in [1.29, 1.82) is 0 Å². The van der Waals surface area contributed by atoms with Crippen molar-refractivity contribution in [3.63, 3.8) is 0 Å². The zero-order chi connectivity index (χ0) is 14.8. The zero-order valence-corrected chi connectivity index (χ0v) is 14.8. The highest BCUT2D eigenvalue weighted by atomic mass is 127. The molecule has 0 saturated heterocycles. The summed E-state index contributed by atoms with van der Waals surface area (Å²) in [5.74, 6) is 1.71. The molecule has 0 amide bonds. The van der Waals surface area contributed by atoms with Gasteiger partial charge in [0.05, 0.1) is 18.9 Å². The number of aliphatic hydroxyl groups excluding tert-OH is 1. The molecule has 0 atom stereocenters. The fraction of sp³-hybridized carbons (Fsp3) is 0.500. The summed E-state index contributed by atoms with van der Waals surface area (Å²) in [5, 5.41) is 11.7. The lowest BCUT2D eigenvalue weighted by Crippen LogP contribution is -2.23. The van der Waals surface area contributed by atoms with Gasteiger partial charge in [0.25, 0.3) is 0 Å². The van der Waals surface area contributed by atoms with Crippen LogP contribution in [0.3, 0.4) is 0 Å². The largest absolute Gasteiger partial charge is 0.494 e. The van der Waals surface area contributed by atoms with Gasteiger partial charge in [0, 0.05) is 19.2 Å². The standard InChI is InChI=1S/C14H23N3O3.HI/c1-3-19-11-6-7-13(20-4-2)12(10-11)17-14(15)16-8-5-9-18;/h6-7,10,18H,3-5,8-9H2,1-2H3,(H3,15,16,17);1H. The molecule has 0 aliphatic rings. The number of nitrogens with zero attached hydrogens (tertiary/aromatic N) is 1. The molecule has 120 valence electrons. The third-order valence-corrected chi connectivity index (χ3v) is 2.42. The number of nitrogens with two attached hydrogens (primary N) is 1. The van der Waals surface area contributed by atoms with Gasteiger partial charge in [-0.3, -0.25) is 4.99 Å². The average Bonchev–Trinajstić information content (AvgIpc) is 2.42. The Morgan fingerprint density at radius 2 is 2.00 bits per heavy atom. The monoisotopic (exact) mass is 409 g/mol. The molecule has 0 fully saturated rings. The van der Waals surface area contributed by atoms with Crippen molar-refractivity contribution in [3.05, 3.63) is 18.2 Å². The third-order valence-electron chi connectivity index (χ3n) is 2.42. The Labute approximate surface area is 142 Å². The fourth-order valence-electron chi connectivity index (χ4n) is 1.59. The van der Waals surface area contributed by atoms with Gasteiger partial charge in [-0.2, -0.15) is 0 Å². The molecular formula is C14H24IN3O3. The number of benzene rings is 1. The summed E-state index contributed by atoms with van der Waals surface area (Å²) in [6.07, 6.45) is 0.583. The van der Waals surface area contributed by atoms with Gasteiger partial charge in [-0.1, -0.05) is 0 Å². The predicted molar refractivity (Wildman–Crippen MR) is 96.0 cm³/mol. The minimum Gasteiger partial charge on any atom is -0.494 e. The highest BCUT2D eigenvalue weighted by Gasteiger charge is 2.07. The van der Waals surface area contributed by atoms with Crippen LogP contribution < -0.4 is 20.5 Å². The Hall–Kier alpha value is -1.22. The highest BCUT2D eigenvalue weighted by molar-refractivity contribution is 14.0. The van der Waals surface area contributed by atoms with Gasteiger partial charge in [-0.05, 0) is 32.4 Å². The number of nitrogens with one attached hydrogen (secondary N) is 1. The number of halogens is 1. The van der Waals surface area contributed by atoms with E-state index in [1.807, 2.05) is 32.0 Å². The first kappa shape index (κ1) is 19.8. The van der Waals surface area contributed by atoms with E-state index in [-0.39, 0.29) is 36.5 Å². The number of guanidine groups is 1. The smallest absolute Gasteiger partial charge is 0.193 e. The molecule has 0 aliphatic carbocycles. The molecule has 0 aromatic heterocycles. The van der Waals surface area contributed by atoms with Gasteiger partial charge in [0.15, 0.2) is 5.96 Å². The van der Waals surface area contributed by atoms with E-state index in [2.05, 4.69) is 10.3 Å². The van der Waals surface area contributed by atoms with Crippen molar-refractivity contribution in [2.45, 2.75) is 20.3 Å². The van der Waals surface area contributed by atoms with E-state index in [0.717, 1.165) is 5.75 Å². The summed E-state index contributed by atoms with van der Waals surface area (Å²) >= 11 is 0. The molecule has 0 heterocycles. The van der Waals surface area contributed by atoms with E-state index in [1.165, 1.54) is 0 Å². The Balaban J connectivity index is 0.00000400. The SMILES string of the molecule is CCOc1ccc(OCC)c(NC(N)=NCCCO)c1.I. The second-order valence-corrected chi connectivity index (χ2v) is 3.99. The molecule has 0 saturated carbocycles. The van der Waals surface area contributed by atoms with Gasteiger partial charge < -0.3 is 25.6 Å². The van der Waals surface area contributed by atoms with Gasteiger partial charge in [0.1, 0.15) is 11.5 Å². The molecular weight excluding hydrogens is 385 g/mol. The quantitative estimate of drug-likeness (QED) is 0.265. The van der Waals surface area contributed by atoms with Gasteiger partial charge in [-0.15, -0.1) is 24.0 Å². The first-order chi connectivity index (χ1) is 9.71. The summed E-state index contributed by atoms with van der Waals surface area (Å²) in [5.41, 5.74) is 6.51. The minimum absolute atomic E-state index is 0. The topological polar surface area (TPSA) is 89.1 Å². The van der Waals surface area contributed by atoms with Gasteiger partial charge in [-0.25, -0.2) is 0 Å². The van der Waals surface area contributed by atoms with Gasteiger partial charge >= 0.3 is 0 Å². The first-order valence-electron chi connectivity index (χ1n) is 6.78. The lowest BCUT2D eigenvalue weighted by Gasteiger charge is -2.13. The number of aliphatic imine (C=N–C) groups is 1. The Bertz CT molecular complexity index is 441. The van der Waals surface area contributed by atoms with Crippen LogP contribution in [0.5, 0.6) is 11.5 Å². The van der Waals surface area contributed by atoms with Crippen LogP contribution >= 0.6 is 24.0 Å². The summed E-state index contributed by atoms with van der Waals surface area (Å²) in [7, 11) is 0. The number of hydrogen-bond acceptors (Lipinski definition) is 4. The number of hydrogen-bond donors (Lipinski definition) is 3. The zero-order valence-electron chi connectivity index (χ0n) is 12.5. The van der Waals surface area contributed by atoms with Gasteiger partial charge in [0.2, 0.25) is 0 Å². The van der Waals surface area contributed by atoms with Crippen LogP contribution in [0.15, 0.2) is 23.2 Å². The van der Waals surface area contributed by atoms with Crippen molar-refractivity contribution in [1.82, 2.24) is 0 Å². The minimum atomic E-state index is 0. The van der Waals surface area contributed by atoms with E-state index in [4.69, 9.17) is 20.3 Å². The molecule has 0 unspecified atom stereocenters. The molecule has 6 nitrogen and oxygen atoms in total. The third kappa shape index (κ3) is 7.37. The molecule has 0 aliphatic heterocycles. The normalized spacial score (nSPS) is 10.7. The predicted octanol–water partition coefficient (Wildman–Crippen LogP) is 2.21.